The Balaban J connectivity index is 1.97. The molecule has 0 aromatic carbocycles. The van der Waals surface area contributed by atoms with Crippen molar-refractivity contribution in [1.82, 2.24) is 9.88 Å². The lowest BCUT2D eigenvalue weighted by Gasteiger charge is -2.25. The zero-order valence-corrected chi connectivity index (χ0v) is 9.85. The van der Waals surface area contributed by atoms with E-state index < -0.39 is 0 Å². The van der Waals surface area contributed by atoms with Crippen molar-refractivity contribution in [2.24, 2.45) is 5.92 Å². The van der Waals surface area contributed by atoms with E-state index in [1.54, 1.807) is 0 Å². The van der Waals surface area contributed by atoms with Crippen LogP contribution in [0.15, 0.2) is 18.2 Å². The first-order valence-corrected chi connectivity index (χ1v) is 5.80. The molecule has 3 nitrogen and oxygen atoms in total. The van der Waals surface area contributed by atoms with Crippen LogP contribution in [-0.2, 0) is 11.2 Å². The number of nitrogens with zero attached hydrogens (tertiary/aromatic N) is 2. The minimum atomic E-state index is 0.509. The first-order valence-electron chi connectivity index (χ1n) is 5.80. The summed E-state index contributed by atoms with van der Waals surface area (Å²) in [7, 11) is 4.00. The van der Waals surface area contributed by atoms with Gasteiger partial charge in [-0.1, -0.05) is 6.07 Å². The fourth-order valence-electron chi connectivity index (χ4n) is 2.09. The van der Waals surface area contributed by atoms with Crippen LogP contribution < -0.4 is 0 Å². The normalized spacial score (nSPS) is 23.0. The van der Waals surface area contributed by atoms with Gasteiger partial charge in [0.2, 0.25) is 0 Å². The van der Waals surface area contributed by atoms with Gasteiger partial charge in [-0.2, -0.15) is 0 Å². The van der Waals surface area contributed by atoms with Crippen LogP contribution in [-0.4, -0.2) is 36.2 Å². The third-order valence-corrected chi connectivity index (χ3v) is 2.87. The summed E-state index contributed by atoms with van der Waals surface area (Å²) in [5.74, 6) is 0.509. The van der Waals surface area contributed by atoms with E-state index in [0.717, 1.165) is 44.1 Å². The molecule has 3 heteroatoms. The molecule has 1 aromatic rings. The van der Waals surface area contributed by atoms with Crippen LogP contribution in [0.5, 0.6) is 0 Å². The molecule has 0 aliphatic carbocycles. The van der Waals surface area contributed by atoms with Crippen molar-refractivity contribution in [3.05, 3.63) is 36.6 Å². The molecule has 2 rings (SSSR count). The lowest BCUT2D eigenvalue weighted by Crippen LogP contribution is -2.25. The van der Waals surface area contributed by atoms with Crippen molar-refractivity contribution in [3.8, 4) is 0 Å². The molecule has 0 amide bonds. The van der Waals surface area contributed by atoms with Crippen molar-refractivity contribution in [3.63, 3.8) is 0 Å². The maximum absolute atomic E-state index is 5.57. The molecule has 1 aromatic heterocycles. The minimum Gasteiger partial charge on any atom is -0.457 e. The van der Waals surface area contributed by atoms with E-state index in [1.807, 2.05) is 13.0 Å². The molecule has 2 heterocycles. The van der Waals surface area contributed by atoms with Crippen LogP contribution in [0.2, 0.25) is 0 Å². The summed E-state index contributed by atoms with van der Waals surface area (Å²) in [5.41, 5.74) is 2.24. The molecule has 88 valence electrons. The largest absolute Gasteiger partial charge is 0.457 e. The highest BCUT2D eigenvalue weighted by Crippen LogP contribution is 2.12. The summed E-state index contributed by atoms with van der Waals surface area (Å²) in [6.07, 6.45) is 0.980. The standard InChI is InChI=1S/C13H19N2O/c1-11-4-3-5-13(14-11)8-12-9-15(2)6-7-16-10-12/h3-5,12H,2,6-10H2,1H3/q-1. The highest BCUT2D eigenvalue weighted by Gasteiger charge is 2.14. The van der Waals surface area contributed by atoms with E-state index >= 15 is 0 Å². The molecule has 0 bridgehead atoms. The molecular weight excluding hydrogens is 200 g/mol. The number of aryl methyl sites for hydroxylation is 1. The van der Waals surface area contributed by atoms with E-state index in [9.17, 15) is 0 Å². The Morgan fingerprint density at radius 1 is 1.56 bits per heavy atom. The van der Waals surface area contributed by atoms with E-state index in [-0.39, 0.29) is 0 Å². The average Bonchev–Trinajstić information content (AvgIpc) is 2.43. The van der Waals surface area contributed by atoms with Gasteiger partial charge in [0.1, 0.15) is 0 Å². The van der Waals surface area contributed by atoms with Gasteiger partial charge < -0.3 is 9.64 Å². The second kappa shape index (κ2) is 5.41. The monoisotopic (exact) mass is 219 g/mol. The fourth-order valence-corrected chi connectivity index (χ4v) is 2.09. The molecule has 0 radical (unpaired) electrons. The topological polar surface area (TPSA) is 25.4 Å². The smallest absolute Gasteiger partial charge is 0.0569 e. The van der Waals surface area contributed by atoms with Gasteiger partial charge in [0.05, 0.1) is 13.2 Å². The lowest BCUT2D eigenvalue weighted by molar-refractivity contribution is 0.122. The van der Waals surface area contributed by atoms with Crippen LogP contribution in [0, 0.1) is 19.9 Å². The Kier molecular flexibility index (Phi) is 3.91. The zero-order valence-electron chi connectivity index (χ0n) is 9.85. The number of aromatic nitrogens is 1. The molecule has 1 atom stereocenters. The number of ether oxygens (including phenoxy) is 1. The van der Waals surface area contributed by atoms with Crippen LogP contribution in [0.25, 0.3) is 0 Å². The van der Waals surface area contributed by atoms with Crippen molar-refractivity contribution < 1.29 is 4.74 Å². The van der Waals surface area contributed by atoms with Crippen molar-refractivity contribution in [2.45, 2.75) is 13.3 Å². The Morgan fingerprint density at radius 3 is 3.25 bits per heavy atom. The molecule has 1 saturated heterocycles. The SMILES string of the molecule is [CH2-]N1CCOCC(Cc2cccc(C)n2)C1. The number of hydrogen-bond acceptors (Lipinski definition) is 3. The average molecular weight is 219 g/mol. The Morgan fingerprint density at radius 2 is 2.44 bits per heavy atom. The molecular formula is C13H19N2O-. The first-order chi connectivity index (χ1) is 7.74. The van der Waals surface area contributed by atoms with E-state index in [1.165, 1.54) is 0 Å². The third-order valence-electron chi connectivity index (χ3n) is 2.87. The second-order valence-corrected chi connectivity index (χ2v) is 4.49. The third kappa shape index (κ3) is 3.29. The Labute approximate surface area is 97.4 Å². The van der Waals surface area contributed by atoms with Crippen LogP contribution >= 0.6 is 0 Å². The highest BCUT2D eigenvalue weighted by atomic mass is 16.5. The molecule has 0 saturated carbocycles. The van der Waals surface area contributed by atoms with Gasteiger partial charge in [-0.15, -0.1) is 0 Å². The Hall–Kier alpha value is -0.930. The van der Waals surface area contributed by atoms with E-state index in [2.05, 4.69) is 29.1 Å². The van der Waals surface area contributed by atoms with E-state index in [4.69, 9.17) is 4.74 Å². The lowest BCUT2D eigenvalue weighted by atomic mass is 10.0. The summed E-state index contributed by atoms with van der Waals surface area (Å²) in [6, 6.07) is 6.18. The number of pyridine rings is 1. The maximum atomic E-state index is 5.57. The molecule has 1 aliphatic rings. The van der Waals surface area contributed by atoms with Crippen molar-refractivity contribution in [1.29, 1.82) is 0 Å². The zero-order chi connectivity index (χ0) is 11.4. The number of hydrogen-bond donors (Lipinski definition) is 0. The second-order valence-electron chi connectivity index (χ2n) is 4.49. The predicted molar refractivity (Wildman–Crippen MR) is 63.9 cm³/mol. The first kappa shape index (κ1) is 11.6. The molecule has 0 spiro atoms. The van der Waals surface area contributed by atoms with Gasteiger partial charge in [0.15, 0.2) is 0 Å². The summed E-state index contributed by atoms with van der Waals surface area (Å²) >= 11 is 0. The van der Waals surface area contributed by atoms with Crippen LogP contribution in [0.1, 0.15) is 11.4 Å². The van der Waals surface area contributed by atoms with Gasteiger partial charge in [-0.05, 0) is 44.5 Å². The summed E-state index contributed by atoms with van der Waals surface area (Å²) in [6.45, 7) is 5.57. The van der Waals surface area contributed by atoms with Gasteiger partial charge in [-0.3, -0.25) is 12.0 Å². The van der Waals surface area contributed by atoms with Gasteiger partial charge in [-0.25, -0.2) is 0 Å². The fraction of sp³-hybridized carbons (Fsp3) is 0.538. The van der Waals surface area contributed by atoms with Crippen molar-refractivity contribution >= 4 is 0 Å². The minimum absolute atomic E-state index is 0.509. The summed E-state index contributed by atoms with van der Waals surface area (Å²) < 4.78 is 5.57. The molecule has 1 fully saturated rings. The molecule has 16 heavy (non-hydrogen) atoms. The molecule has 1 unspecified atom stereocenters. The molecule has 0 N–H and O–H groups in total. The quantitative estimate of drug-likeness (QED) is 0.708. The van der Waals surface area contributed by atoms with Crippen molar-refractivity contribution in [2.75, 3.05) is 26.3 Å². The summed E-state index contributed by atoms with van der Waals surface area (Å²) in [4.78, 5) is 6.62. The van der Waals surface area contributed by atoms with Gasteiger partial charge >= 0.3 is 0 Å². The maximum Gasteiger partial charge on any atom is 0.0569 e. The van der Waals surface area contributed by atoms with E-state index in [0.29, 0.717) is 5.92 Å². The number of rotatable bonds is 2. The van der Waals surface area contributed by atoms with Crippen LogP contribution in [0.3, 0.4) is 0 Å². The van der Waals surface area contributed by atoms with Gasteiger partial charge in [0.25, 0.3) is 0 Å². The van der Waals surface area contributed by atoms with Gasteiger partial charge in [0, 0.05) is 11.4 Å². The molecule has 1 aliphatic heterocycles. The predicted octanol–water partition coefficient (Wildman–Crippen LogP) is 1.67. The Bertz CT molecular complexity index is 340. The summed E-state index contributed by atoms with van der Waals surface area (Å²) in [5, 5.41) is 0. The highest BCUT2D eigenvalue weighted by molar-refractivity contribution is 5.10. The van der Waals surface area contributed by atoms with Crippen LogP contribution in [0.4, 0.5) is 0 Å².